The Morgan fingerprint density at radius 1 is 1.57 bits per heavy atom. The van der Waals surface area contributed by atoms with Crippen LogP contribution in [0, 0.1) is 0 Å². The van der Waals surface area contributed by atoms with E-state index in [9.17, 15) is 0 Å². The molecule has 14 heavy (non-hydrogen) atoms. The number of rotatable bonds is 4. The van der Waals surface area contributed by atoms with Gasteiger partial charge in [-0.3, -0.25) is 0 Å². The van der Waals surface area contributed by atoms with Gasteiger partial charge in [-0.25, -0.2) is 0 Å². The largest absolute Gasteiger partial charge is 0.306 e. The summed E-state index contributed by atoms with van der Waals surface area (Å²) in [6.07, 6.45) is 0. The van der Waals surface area contributed by atoms with E-state index in [1.807, 2.05) is 25.1 Å². The maximum Gasteiger partial charge on any atom is 0.0409 e. The molecule has 0 spiro atoms. The van der Waals surface area contributed by atoms with E-state index < -0.39 is 0 Å². The van der Waals surface area contributed by atoms with Gasteiger partial charge in [-0.2, -0.15) is 0 Å². The first-order valence-electron chi connectivity index (χ1n) is 4.73. The third-order valence-electron chi connectivity index (χ3n) is 2.06. The zero-order chi connectivity index (χ0) is 10.6. The molecule has 2 heteroatoms. The maximum absolute atomic E-state index is 5.91. The summed E-state index contributed by atoms with van der Waals surface area (Å²) >= 11 is 5.91. The first-order valence-corrected chi connectivity index (χ1v) is 5.10. The van der Waals surface area contributed by atoms with Crippen LogP contribution in [-0.4, -0.2) is 6.54 Å². The van der Waals surface area contributed by atoms with Gasteiger partial charge in [-0.15, -0.1) is 0 Å². The molecule has 0 radical (unpaired) electrons. The molecule has 0 aliphatic rings. The fourth-order valence-corrected chi connectivity index (χ4v) is 1.42. The van der Waals surface area contributed by atoms with Crippen molar-refractivity contribution in [3.8, 4) is 0 Å². The van der Waals surface area contributed by atoms with Crippen molar-refractivity contribution in [1.82, 2.24) is 5.32 Å². The van der Waals surface area contributed by atoms with E-state index in [4.69, 9.17) is 11.6 Å². The van der Waals surface area contributed by atoms with Crippen LogP contribution in [0.2, 0.25) is 5.02 Å². The third-order valence-corrected chi connectivity index (χ3v) is 2.29. The molecule has 0 amide bonds. The average Bonchev–Trinajstić information content (AvgIpc) is 2.14. The summed E-state index contributed by atoms with van der Waals surface area (Å²) in [7, 11) is 0. The summed E-state index contributed by atoms with van der Waals surface area (Å²) in [5, 5.41) is 4.15. The molecule has 0 heterocycles. The fraction of sp³-hybridized carbons (Fsp3) is 0.333. The highest BCUT2D eigenvalue weighted by atomic mass is 35.5. The molecular formula is C12H16ClN. The molecule has 0 fully saturated rings. The number of benzene rings is 1. The molecule has 1 atom stereocenters. The van der Waals surface area contributed by atoms with Crippen LogP contribution < -0.4 is 5.32 Å². The maximum atomic E-state index is 5.91. The number of nitrogens with one attached hydrogen (secondary N) is 1. The smallest absolute Gasteiger partial charge is 0.0409 e. The van der Waals surface area contributed by atoms with E-state index in [2.05, 4.69) is 24.9 Å². The first-order chi connectivity index (χ1) is 6.59. The summed E-state index contributed by atoms with van der Waals surface area (Å²) in [5.41, 5.74) is 2.35. The number of hydrogen-bond acceptors (Lipinski definition) is 1. The fourth-order valence-electron chi connectivity index (χ4n) is 1.22. The van der Waals surface area contributed by atoms with Crippen LogP contribution in [0.5, 0.6) is 0 Å². The Balaban J connectivity index is 2.60. The standard InChI is InChI=1S/C12H16ClN/c1-9(2)8-14-10(3)11-5-4-6-12(13)7-11/h4-7,10,14H,1,8H2,2-3H3. The van der Waals surface area contributed by atoms with E-state index in [-0.39, 0.29) is 0 Å². The van der Waals surface area contributed by atoms with E-state index in [0.29, 0.717) is 6.04 Å². The molecule has 1 unspecified atom stereocenters. The molecule has 1 nitrogen and oxygen atoms in total. The highest BCUT2D eigenvalue weighted by Gasteiger charge is 2.03. The second-order valence-corrected chi connectivity index (χ2v) is 4.05. The topological polar surface area (TPSA) is 12.0 Å². The quantitative estimate of drug-likeness (QED) is 0.748. The second-order valence-electron chi connectivity index (χ2n) is 3.61. The molecule has 1 N–H and O–H groups in total. The van der Waals surface area contributed by atoms with Crippen molar-refractivity contribution < 1.29 is 0 Å². The van der Waals surface area contributed by atoms with Crippen LogP contribution in [0.25, 0.3) is 0 Å². The molecular weight excluding hydrogens is 194 g/mol. The Morgan fingerprint density at radius 3 is 2.86 bits per heavy atom. The monoisotopic (exact) mass is 209 g/mol. The van der Waals surface area contributed by atoms with Crippen molar-refractivity contribution >= 4 is 11.6 Å². The molecule has 0 aromatic heterocycles. The van der Waals surface area contributed by atoms with Crippen molar-refractivity contribution in [1.29, 1.82) is 0 Å². The van der Waals surface area contributed by atoms with Gasteiger partial charge >= 0.3 is 0 Å². The predicted octanol–water partition coefficient (Wildman–Crippen LogP) is 3.57. The zero-order valence-corrected chi connectivity index (χ0v) is 9.43. The van der Waals surface area contributed by atoms with Gasteiger partial charge in [0, 0.05) is 17.6 Å². The van der Waals surface area contributed by atoms with Gasteiger partial charge in [0.15, 0.2) is 0 Å². The molecule has 0 saturated carbocycles. The van der Waals surface area contributed by atoms with Gasteiger partial charge in [0.25, 0.3) is 0 Å². The van der Waals surface area contributed by atoms with Gasteiger partial charge in [0.1, 0.15) is 0 Å². The van der Waals surface area contributed by atoms with Crippen molar-refractivity contribution in [2.45, 2.75) is 19.9 Å². The van der Waals surface area contributed by atoms with Crippen molar-refractivity contribution in [2.75, 3.05) is 6.54 Å². The van der Waals surface area contributed by atoms with E-state index >= 15 is 0 Å². The van der Waals surface area contributed by atoms with Gasteiger partial charge in [0.2, 0.25) is 0 Å². The summed E-state index contributed by atoms with van der Waals surface area (Å²) < 4.78 is 0. The van der Waals surface area contributed by atoms with Crippen LogP contribution in [0.4, 0.5) is 0 Å². The summed E-state index contributed by atoms with van der Waals surface area (Å²) in [4.78, 5) is 0. The minimum absolute atomic E-state index is 0.311. The number of halogens is 1. The minimum atomic E-state index is 0.311. The summed E-state index contributed by atoms with van der Waals surface area (Å²) in [5.74, 6) is 0. The molecule has 0 saturated heterocycles. The predicted molar refractivity (Wildman–Crippen MR) is 62.7 cm³/mol. The third kappa shape index (κ3) is 3.52. The van der Waals surface area contributed by atoms with Crippen LogP contribution in [0.1, 0.15) is 25.5 Å². The Labute approximate surface area is 90.8 Å². The molecule has 1 rings (SSSR count). The Morgan fingerprint density at radius 2 is 2.29 bits per heavy atom. The SMILES string of the molecule is C=C(C)CNC(C)c1cccc(Cl)c1. The van der Waals surface area contributed by atoms with Crippen LogP contribution in [0.15, 0.2) is 36.4 Å². The van der Waals surface area contributed by atoms with Gasteiger partial charge < -0.3 is 5.32 Å². The lowest BCUT2D eigenvalue weighted by Crippen LogP contribution is -2.20. The second kappa shape index (κ2) is 5.18. The van der Waals surface area contributed by atoms with Crippen molar-refractivity contribution in [3.05, 3.63) is 47.0 Å². The zero-order valence-electron chi connectivity index (χ0n) is 8.68. The van der Waals surface area contributed by atoms with Gasteiger partial charge in [-0.05, 0) is 31.5 Å². The molecule has 0 aliphatic carbocycles. The Bertz CT molecular complexity index is 320. The Hall–Kier alpha value is -0.790. The summed E-state index contributed by atoms with van der Waals surface area (Å²) in [6, 6.07) is 8.22. The number of hydrogen-bond donors (Lipinski definition) is 1. The van der Waals surface area contributed by atoms with Crippen molar-refractivity contribution in [3.63, 3.8) is 0 Å². The van der Waals surface area contributed by atoms with Crippen molar-refractivity contribution in [2.24, 2.45) is 0 Å². The van der Waals surface area contributed by atoms with E-state index in [0.717, 1.165) is 17.1 Å². The van der Waals surface area contributed by atoms with E-state index in [1.54, 1.807) is 0 Å². The highest BCUT2D eigenvalue weighted by Crippen LogP contribution is 2.17. The highest BCUT2D eigenvalue weighted by molar-refractivity contribution is 6.30. The summed E-state index contributed by atoms with van der Waals surface area (Å²) in [6.45, 7) is 8.82. The van der Waals surface area contributed by atoms with Crippen LogP contribution in [0.3, 0.4) is 0 Å². The lowest BCUT2D eigenvalue weighted by molar-refractivity contribution is 0.607. The van der Waals surface area contributed by atoms with Gasteiger partial charge in [-0.1, -0.05) is 35.9 Å². The molecule has 1 aromatic rings. The van der Waals surface area contributed by atoms with Gasteiger partial charge in [0.05, 0.1) is 0 Å². The molecule has 76 valence electrons. The average molecular weight is 210 g/mol. The molecule has 1 aromatic carbocycles. The van der Waals surface area contributed by atoms with E-state index in [1.165, 1.54) is 5.56 Å². The lowest BCUT2D eigenvalue weighted by Gasteiger charge is -2.14. The molecule has 0 bridgehead atoms. The Kier molecular flexibility index (Phi) is 4.18. The first kappa shape index (κ1) is 11.3. The molecule has 0 aliphatic heterocycles. The lowest BCUT2D eigenvalue weighted by atomic mass is 10.1. The van der Waals surface area contributed by atoms with Crippen LogP contribution in [-0.2, 0) is 0 Å². The van der Waals surface area contributed by atoms with Crippen LogP contribution >= 0.6 is 11.6 Å². The minimum Gasteiger partial charge on any atom is -0.306 e. The normalized spacial score (nSPS) is 12.5.